The van der Waals surface area contributed by atoms with Gasteiger partial charge in [0.1, 0.15) is 5.75 Å². The number of benzene rings is 2. The van der Waals surface area contributed by atoms with Gasteiger partial charge in [0.2, 0.25) is 17.7 Å². The zero-order chi connectivity index (χ0) is 24.9. The average Bonchev–Trinajstić information content (AvgIpc) is 3.31. The molecule has 0 radical (unpaired) electrons. The van der Waals surface area contributed by atoms with Gasteiger partial charge < -0.3 is 9.64 Å². The number of aryl methyl sites for hydroxylation is 2. The van der Waals surface area contributed by atoms with Crippen molar-refractivity contribution >= 4 is 35.1 Å². The zero-order valence-corrected chi connectivity index (χ0v) is 20.3. The first-order valence-electron chi connectivity index (χ1n) is 12.3. The molecule has 0 N–H and O–H groups in total. The van der Waals surface area contributed by atoms with Gasteiger partial charge in [-0.3, -0.25) is 19.2 Å². The van der Waals surface area contributed by atoms with E-state index in [4.69, 9.17) is 4.74 Å². The first kappa shape index (κ1) is 23.3. The molecular formula is C28H30N2O5. The summed E-state index contributed by atoms with van der Waals surface area (Å²) in [5.74, 6) is -1.37. The lowest BCUT2D eigenvalue weighted by molar-refractivity contribution is -0.139. The number of hydrogen-bond donors (Lipinski definition) is 0. The van der Waals surface area contributed by atoms with E-state index < -0.39 is 11.9 Å². The fourth-order valence-corrected chi connectivity index (χ4v) is 5.84. The smallest absolute Gasteiger partial charge is 0.316 e. The van der Waals surface area contributed by atoms with E-state index in [1.54, 1.807) is 29.2 Å². The summed E-state index contributed by atoms with van der Waals surface area (Å²) >= 11 is 0. The van der Waals surface area contributed by atoms with Gasteiger partial charge in [0.25, 0.3) is 0 Å². The van der Waals surface area contributed by atoms with E-state index in [1.165, 1.54) is 4.90 Å². The number of hydrogen-bond acceptors (Lipinski definition) is 5. The van der Waals surface area contributed by atoms with E-state index in [0.29, 0.717) is 11.6 Å². The maximum atomic E-state index is 13.1. The molecule has 1 saturated carbocycles. The number of amides is 3. The first-order chi connectivity index (χ1) is 16.7. The molecule has 0 unspecified atom stereocenters. The molecule has 0 aromatic heterocycles. The van der Waals surface area contributed by atoms with Crippen molar-refractivity contribution in [2.24, 2.45) is 23.7 Å². The second kappa shape index (κ2) is 8.95. The van der Waals surface area contributed by atoms with Crippen LogP contribution in [-0.4, -0.2) is 30.2 Å². The van der Waals surface area contributed by atoms with Gasteiger partial charge in [-0.15, -0.1) is 0 Å². The Kier molecular flexibility index (Phi) is 5.95. The van der Waals surface area contributed by atoms with Crippen LogP contribution in [0.1, 0.15) is 43.7 Å². The summed E-state index contributed by atoms with van der Waals surface area (Å²) in [5.41, 5.74) is 3.23. The molecule has 4 atom stereocenters. The summed E-state index contributed by atoms with van der Waals surface area (Å²) in [6, 6.07) is 12.4. The van der Waals surface area contributed by atoms with E-state index in [1.807, 2.05) is 32.0 Å². The number of ether oxygens (including phenoxy) is 1. The molecule has 3 aliphatic rings. The predicted octanol–water partition coefficient (Wildman–Crippen LogP) is 4.19. The van der Waals surface area contributed by atoms with Crippen molar-refractivity contribution < 1.29 is 23.9 Å². The van der Waals surface area contributed by atoms with Crippen molar-refractivity contribution in [3.8, 4) is 5.75 Å². The topological polar surface area (TPSA) is 84.0 Å². The predicted molar refractivity (Wildman–Crippen MR) is 131 cm³/mol. The highest BCUT2D eigenvalue weighted by Gasteiger charge is 2.50. The van der Waals surface area contributed by atoms with Gasteiger partial charge in [0.05, 0.1) is 23.4 Å². The molecule has 2 saturated heterocycles. The Bertz CT molecular complexity index is 1200. The van der Waals surface area contributed by atoms with Crippen LogP contribution in [0, 0.1) is 37.5 Å². The maximum absolute atomic E-state index is 13.1. The SMILES string of the molecule is Cc1cccc(C)c1N1C[C@H](C(=O)Oc2cccc(N3C(=O)[C@H]4C[C@H](C)CC[C@H]4C3=O)c2)CC1=O. The Labute approximate surface area is 205 Å². The number of imide groups is 1. The molecule has 7 heteroatoms. The highest BCUT2D eigenvalue weighted by atomic mass is 16.5. The summed E-state index contributed by atoms with van der Waals surface area (Å²) in [6.45, 7) is 6.27. The number of para-hydroxylation sites is 1. The molecule has 35 heavy (non-hydrogen) atoms. The Morgan fingerprint density at radius 3 is 2.37 bits per heavy atom. The third-order valence-corrected chi connectivity index (χ3v) is 7.65. The molecule has 2 heterocycles. The third kappa shape index (κ3) is 4.13. The van der Waals surface area contributed by atoms with E-state index >= 15 is 0 Å². The van der Waals surface area contributed by atoms with Crippen molar-refractivity contribution in [3.05, 3.63) is 53.6 Å². The minimum absolute atomic E-state index is 0.0803. The summed E-state index contributed by atoms with van der Waals surface area (Å²) in [7, 11) is 0. The van der Waals surface area contributed by atoms with Crippen LogP contribution in [0.25, 0.3) is 0 Å². The van der Waals surface area contributed by atoms with Crippen molar-refractivity contribution in [1.82, 2.24) is 0 Å². The molecule has 0 bridgehead atoms. The lowest BCUT2D eigenvalue weighted by atomic mass is 9.76. The molecule has 2 aliphatic heterocycles. The highest BCUT2D eigenvalue weighted by Crippen LogP contribution is 2.42. The lowest BCUT2D eigenvalue weighted by Crippen LogP contribution is -2.31. The molecule has 3 fully saturated rings. The number of rotatable bonds is 4. The van der Waals surface area contributed by atoms with Crippen LogP contribution in [0.2, 0.25) is 0 Å². The molecule has 0 spiro atoms. The van der Waals surface area contributed by atoms with Crippen LogP contribution in [0.5, 0.6) is 5.75 Å². The lowest BCUT2D eigenvalue weighted by Gasteiger charge is -2.25. The van der Waals surface area contributed by atoms with E-state index in [0.717, 1.165) is 36.1 Å². The van der Waals surface area contributed by atoms with Crippen LogP contribution in [0.3, 0.4) is 0 Å². The quantitative estimate of drug-likeness (QED) is 0.377. The van der Waals surface area contributed by atoms with Crippen LogP contribution >= 0.6 is 0 Å². The summed E-state index contributed by atoms with van der Waals surface area (Å²) in [4.78, 5) is 54.7. The monoisotopic (exact) mass is 474 g/mol. The van der Waals surface area contributed by atoms with Crippen LogP contribution in [0.4, 0.5) is 11.4 Å². The molecule has 2 aromatic rings. The van der Waals surface area contributed by atoms with Crippen LogP contribution < -0.4 is 14.5 Å². The standard InChI is InChI=1S/C28H30N2O5/c1-16-10-11-22-23(12-16)27(33)30(26(22)32)20-8-5-9-21(14-20)35-28(34)19-13-24(31)29(15-19)25-17(2)6-4-7-18(25)3/h4-9,14,16,19,22-23H,10-13,15H2,1-3H3/t16-,19-,22-,23+/m1/s1. The van der Waals surface area contributed by atoms with Gasteiger partial charge in [0.15, 0.2) is 0 Å². The second-order valence-corrected chi connectivity index (χ2v) is 10.2. The zero-order valence-electron chi connectivity index (χ0n) is 20.3. The van der Waals surface area contributed by atoms with E-state index in [9.17, 15) is 19.2 Å². The molecular weight excluding hydrogens is 444 g/mol. The summed E-state index contributed by atoms with van der Waals surface area (Å²) < 4.78 is 5.63. The Morgan fingerprint density at radius 2 is 1.63 bits per heavy atom. The van der Waals surface area contributed by atoms with E-state index in [-0.39, 0.29) is 48.3 Å². The average molecular weight is 475 g/mol. The molecule has 2 aromatic carbocycles. The van der Waals surface area contributed by atoms with Crippen molar-refractivity contribution in [2.45, 2.75) is 46.5 Å². The largest absolute Gasteiger partial charge is 0.426 e. The van der Waals surface area contributed by atoms with Crippen LogP contribution in [-0.2, 0) is 19.2 Å². The Balaban J connectivity index is 1.31. The van der Waals surface area contributed by atoms with Gasteiger partial charge in [-0.05, 0) is 62.3 Å². The molecule has 182 valence electrons. The normalized spacial score (nSPS) is 26.3. The maximum Gasteiger partial charge on any atom is 0.316 e. The number of carbonyl (C=O) groups is 4. The fraction of sp³-hybridized carbons (Fsp3) is 0.429. The third-order valence-electron chi connectivity index (χ3n) is 7.65. The van der Waals surface area contributed by atoms with E-state index in [2.05, 4.69) is 6.92 Å². The van der Waals surface area contributed by atoms with Crippen molar-refractivity contribution in [3.63, 3.8) is 0 Å². The Hall–Kier alpha value is -3.48. The van der Waals surface area contributed by atoms with Crippen molar-refractivity contribution in [1.29, 1.82) is 0 Å². The molecule has 3 amide bonds. The fourth-order valence-electron chi connectivity index (χ4n) is 5.84. The minimum atomic E-state index is -0.593. The summed E-state index contributed by atoms with van der Waals surface area (Å²) in [6.07, 6.45) is 2.49. The number of fused-ring (bicyclic) bond motifs is 1. The number of anilines is 2. The second-order valence-electron chi connectivity index (χ2n) is 10.2. The first-order valence-corrected chi connectivity index (χ1v) is 12.3. The Morgan fingerprint density at radius 1 is 0.943 bits per heavy atom. The highest BCUT2D eigenvalue weighted by molar-refractivity contribution is 6.22. The van der Waals surface area contributed by atoms with Crippen molar-refractivity contribution in [2.75, 3.05) is 16.3 Å². The van der Waals surface area contributed by atoms with Gasteiger partial charge in [0, 0.05) is 24.7 Å². The summed E-state index contributed by atoms with van der Waals surface area (Å²) in [5, 5.41) is 0. The number of carbonyl (C=O) groups excluding carboxylic acids is 4. The van der Waals surface area contributed by atoms with Gasteiger partial charge >= 0.3 is 5.97 Å². The molecule has 1 aliphatic carbocycles. The van der Waals surface area contributed by atoms with Gasteiger partial charge in [-0.2, -0.15) is 0 Å². The molecule has 7 nitrogen and oxygen atoms in total. The van der Waals surface area contributed by atoms with Gasteiger partial charge in [-0.25, -0.2) is 4.90 Å². The van der Waals surface area contributed by atoms with Gasteiger partial charge in [-0.1, -0.05) is 31.2 Å². The van der Waals surface area contributed by atoms with Crippen LogP contribution in [0.15, 0.2) is 42.5 Å². The minimum Gasteiger partial charge on any atom is -0.426 e. The number of nitrogens with zero attached hydrogens (tertiary/aromatic N) is 2. The number of esters is 1. The molecule has 5 rings (SSSR count).